The Bertz CT molecular complexity index is 734. The van der Waals surface area contributed by atoms with Crippen LogP contribution in [0.5, 0.6) is 0 Å². The van der Waals surface area contributed by atoms with E-state index in [4.69, 9.17) is 11.6 Å². The highest BCUT2D eigenvalue weighted by Gasteiger charge is 2.21. The standard InChI is InChI=1S/C17H22ClN5O/c1-12(2)16-20-19-11-23(16)15-5-4-13(10-14(15)18)17(24)22-8-6-21(3)7-9-22/h4-5,10-12H,6-9H2,1-3H3. The van der Waals surface area contributed by atoms with E-state index in [9.17, 15) is 4.79 Å². The maximum atomic E-state index is 12.6. The molecular formula is C17H22ClN5O. The minimum atomic E-state index is 0.0318. The Morgan fingerprint density at radius 3 is 2.54 bits per heavy atom. The van der Waals surface area contributed by atoms with Crippen molar-refractivity contribution in [1.82, 2.24) is 24.6 Å². The van der Waals surface area contributed by atoms with Gasteiger partial charge in [0.2, 0.25) is 0 Å². The Kier molecular flexibility index (Phi) is 4.87. The second kappa shape index (κ2) is 6.91. The number of carbonyl (C=O) groups excluding carboxylic acids is 1. The van der Waals surface area contributed by atoms with E-state index < -0.39 is 0 Å². The summed E-state index contributed by atoms with van der Waals surface area (Å²) in [4.78, 5) is 16.7. The maximum absolute atomic E-state index is 12.6. The Morgan fingerprint density at radius 1 is 1.21 bits per heavy atom. The quantitative estimate of drug-likeness (QED) is 0.855. The summed E-state index contributed by atoms with van der Waals surface area (Å²) in [6.07, 6.45) is 1.65. The van der Waals surface area contributed by atoms with Crippen LogP contribution >= 0.6 is 11.6 Å². The zero-order valence-electron chi connectivity index (χ0n) is 14.2. The molecule has 1 amide bonds. The highest BCUT2D eigenvalue weighted by molar-refractivity contribution is 6.32. The lowest BCUT2D eigenvalue weighted by molar-refractivity contribution is 0.0664. The number of aromatic nitrogens is 3. The molecule has 128 valence electrons. The summed E-state index contributed by atoms with van der Waals surface area (Å²) in [5.74, 6) is 1.11. The Balaban J connectivity index is 1.85. The molecule has 0 N–H and O–H groups in total. The van der Waals surface area contributed by atoms with Crippen molar-refractivity contribution in [2.75, 3.05) is 33.2 Å². The fraction of sp³-hybridized carbons (Fsp3) is 0.471. The lowest BCUT2D eigenvalue weighted by Crippen LogP contribution is -2.47. The zero-order valence-corrected chi connectivity index (χ0v) is 15.0. The summed E-state index contributed by atoms with van der Waals surface area (Å²) < 4.78 is 1.87. The van der Waals surface area contributed by atoms with Crippen molar-refractivity contribution in [3.8, 4) is 5.69 Å². The van der Waals surface area contributed by atoms with Crippen LogP contribution < -0.4 is 0 Å². The lowest BCUT2D eigenvalue weighted by Gasteiger charge is -2.32. The molecule has 0 spiro atoms. The van der Waals surface area contributed by atoms with Gasteiger partial charge >= 0.3 is 0 Å². The molecule has 2 aromatic rings. The van der Waals surface area contributed by atoms with Gasteiger partial charge in [0.25, 0.3) is 5.91 Å². The van der Waals surface area contributed by atoms with Gasteiger partial charge in [0, 0.05) is 37.7 Å². The van der Waals surface area contributed by atoms with Crippen LogP contribution in [-0.2, 0) is 0 Å². The molecule has 1 saturated heterocycles. The summed E-state index contributed by atoms with van der Waals surface area (Å²) in [6.45, 7) is 7.40. The van der Waals surface area contributed by atoms with Crippen LogP contribution in [0.1, 0.15) is 35.9 Å². The van der Waals surface area contributed by atoms with E-state index in [0.717, 1.165) is 37.7 Å². The summed E-state index contributed by atoms with van der Waals surface area (Å²) in [5.41, 5.74) is 1.41. The Labute approximate surface area is 147 Å². The molecule has 6 nitrogen and oxygen atoms in total. The number of benzene rings is 1. The second-order valence-corrected chi connectivity index (χ2v) is 6.88. The Morgan fingerprint density at radius 2 is 1.92 bits per heavy atom. The molecule has 0 unspecified atom stereocenters. The number of carbonyl (C=O) groups is 1. The van der Waals surface area contributed by atoms with Crippen molar-refractivity contribution >= 4 is 17.5 Å². The first-order valence-corrected chi connectivity index (χ1v) is 8.53. The molecule has 1 fully saturated rings. The third-order valence-corrected chi connectivity index (χ3v) is 4.64. The largest absolute Gasteiger partial charge is 0.336 e. The van der Waals surface area contributed by atoms with Gasteiger partial charge in [-0.2, -0.15) is 0 Å². The van der Waals surface area contributed by atoms with E-state index in [-0.39, 0.29) is 11.8 Å². The molecule has 0 saturated carbocycles. The summed E-state index contributed by atoms with van der Waals surface area (Å²) >= 11 is 6.45. The lowest BCUT2D eigenvalue weighted by atomic mass is 10.1. The van der Waals surface area contributed by atoms with Crippen LogP contribution in [0.2, 0.25) is 5.02 Å². The van der Waals surface area contributed by atoms with Gasteiger partial charge in [0.05, 0.1) is 10.7 Å². The first kappa shape index (κ1) is 16.9. The molecule has 24 heavy (non-hydrogen) atoms. The molecule has 0 radical (unpaired) electrons. The summed E-state index contributed by atoms with van der Waals surface area (Å²) in [5, 5.41) is 8.64. The van der Waals surface area contributed by atoms with Crippen molar-refractivity contribution in [2.24, 2.45) is 0 Å². The van der Waals surface area contributed by atoms with Crippen LogP contribution in [-0.4, -0.2) is 63.7 Å². The maximum Gasteiger partial charge on any atom is 0.253 e. The smallest absolute Gasteiger partial charge is 0.253 e. The van der Waals surface area contributed by atoms with Crippen LogP contribution in [0.3, 0.4) is 0 Å². The number of halogens is 1. The van der Waals surface area contributed by atoms with Crippen LogP contribution in [0.15, 0.2) is 24.5 Å². The van der Waals surface area contributed by atoms with E-state index in [1.807, 2.05) is 21.6 Å². The predicted octanol–water partition coefficient (Wildman–Crippen LogP) is 2.43. The first-order chi connectivity index (χ1) is 11.5. The fourth-order valence-electron chi connectivity index (χ4n) is 2.85. The van der Waals surface area contributed by atoms with Crippen LogP contribution in [0, 0.1) is 0 Å². The van der Waals surface area contributed by atoms with Gasteiger partial charge < -0.3 is 9.80 Å². The Hall–Kier alpha value is -1.92. The number of rotatable bonds is 3. The van der Waals surface area contributed by atoms with Crippen molar-refractivity contribution in [3.05, 3.63) is 40.9 Å². The molecule has 3 rings (SSSR count). The van der Waals surface area contributed by atoms with Crippen molar-refractivity contribution in [3.63, 3.8) is 0 Å². The number of amides is 1. The molecule has 2 heterocycles. The number of likely N-dealkylation sites (N-methyl/N-ethyl adjacent to an activating group) is 1. The number of hydrogen-bond donors (Lipinski definition) is 0. The zero-order chi connectivity index (χ0) is 17.3. The van der Waals surface area contributed by atoms with E-state index in [1.165, 1.54) is 0 Å². The molecule has 0 bridgehead atoms. The van der Waals surface area contributed by atoms with Gasteiger partial charge in [-0.05, 0) is 25.2 Å². The number of nitrogens with zero attached hydrogens (tertiary/aromatic N) is 5. The third kappa shape index (κ3) is 3.30. The fourth-order valence-corrected chi connectivity index (χ4v) is 3.12. The molecule has 7 heteroatoms. The minimum absolute atomic E-state index is 0.0318. The van der Waals surface area contributed by atoms with Gasteiger partial charge in [-0.1, -0.05) is 25.4 Å². The minimum Gasteiger partial charge on any atom is -0.336 e. The van der Waals surface area contributed by atoms with Crippen molar-refractivity contribution in [1.29, 1.82) is 0 Å². The molecule has 1 aromatic carbocycles. The van der Waals surface area contributed by atoms with E-state index in [2.05, 4.69) is 36.0 Å². The van der Waals surface area contributed by atoms with E-state index >= 15 is 0 Å². The molecule has 0 atom stereocenters. The topological polar surface area (TPSA) is 54.3 Å². The average molecular weight is 348 g/mol. The molecule has 1 aromatic heterocycles. The highest BCUT2D eigenvalue weighted by atomic mass is 35.5. The number of piperazine rings is 1. The SMILES string of the molecule is CC(C)c1nncn1-c1ccc(C(=O)N2CCN(C)CC2)cc1Cl. The van der Waals surface area contributed by atoms with Gasteiger partial charge in [-0.25, -0.2) is 0 Å². The van der Waals surface area contributed by atoms with Crippen molar-refractivity contribution < 1.29 is 4.79 Å². The van der Waals surface area contributed by atoms with Gasteiger partial charge in [0.15, 0.2) is 0 Å². The molecular weight excluding hydrogens is 326 g/mol. The third-order valence-electron chi connectivity index (χ3n) is 4.34. The van der Waals surface area contributed by atoms with Crippen LogP contribution in [0.25, 0.3) is 5.69 Å². The number of hydrogen-bond acceptors (Lipinski definition) is 4. The van der Waals surface area contributed by atoms with Gasteiger partial charge in [-0.3, -0.25) is 9.36 Å². The average Bonchev–Trinajstić information content (AvgIpc) is 3.04. The van der Waals surface area contributed by atoms with Gasteiger partial charge in [-0.15, -0.1) is 10.2 Å². The van der Waals surface area contributed by atoms with E-state index in [1.54, 1.807) is 12.4 Å². The first-order valence-electron chi connectivity index (χ1n) is 8.15. The van der Waals surface area contributed by atoms with E-state index in [0.29, 0.717) is 10.6 Å². The van der Waals surface area contributed by atoms with Gasteiger partial charge in [0.1, 0.15) is 12.2 Å². The monoisotopic (exact) mass is 347 g/mol. The molecule has 1 aliphatic rings. The summed E-state index contributed by atoms with van der Waals surface area (Å²) in [6, 6.07) is 5.43. The van der Waals surface area contributed by atoms with Crippen molar-refractivity contribution in [2.45, 2.75) is 19.8 Å². The van der Waals surface area contributed by atoms with Crippen LogP contribution in [0.4, 0.5) is 0 Å². The summed E-state index contributed by atoms with van der Waals surface area (Å²) in [7, 11) is 2.07. The second-order valence-electron chi connectivity index (χ2n) is 6.48. The molecule has 1 aliphatic heterocycles. The normalized spacial score (nSPS) is 16.0. The molecule has 0 aliphatic carbocycles. The highest BCUT2D eigenvalue weighted by Crippen LogP contribution is 2.25. The predicted molar refractivity (Wildman–Crippen MR) is 93.9 cm³/mol.